The quantitative estimate of drug-likeness (QED) is 0.159. The van der Waals surface area contributed by atoms with Gasteiger partial charge in [0.1, 0.15) is 10.7 Å². The van der Waals surface area contributed by atoms with Gasteiger partial charge in [-0.2, -0.15) is 8.42 Å². The summed E-state index contributed by atoms with van der Waals surface area (Å²) in [6.45, 7) is 9.62. The summed E-state index contributed by atoms with van der Waals surface area (Å²) in [6.07, 6.45) is 1.92. The lowest BCUT2D eigenvalue weighted by molar-refractivity contribution is 0.102. The highest BCUT2D eigenvalue weighted by Crippen LogP contribution is 2.27. The molecular weight excluding hydrogens is 553 g/mol. The number of carbonyl (C=O) groups is 1. The lowest BCUT2D eigenvalue weighted by atomic mass is 10.0. The summed E-state index contributed by atoms with van der Waals surface area (Å²) in [7, 11) is -4.13. The van der Waals surface area contributed by atoms with Crippen molar-refractivity contribution in [1.29, 1.82) is 0 Å². The number of benzene rings is 4. The lowest BCUT2D eigenvalue weighted by Gasteiger charge is -2.18. The van der Waals surface area contributed by atoms with Gasteiger partial charge in [-0.05, 0) is 85.4 Å². The molecule has 3 N–H and O–H groups in total. The Labute approximate surface area is 246 Å². The van der Waals surface area contributed by atoms with Gasteiger partial charge in [0.2, 0.25) is 0 Å². The molecule has 0 saturated carbocycles. The molecule has 1 aromatic heterocycles. The zero-order valence-electron chi connectivity index (χ0n) is 24.0. The standard InChI is InChI=1S/C23H28FN3O.C10H8O3S/c1-4-21-19(13-14-27(5-2)6-3)20-15-18(11-12-22(20)26-21)25-23(28)16-7-9-17(24)10-8-16;11-14(12,13)10-7-3-5-8-4-1-2-6-9(8)10/h7-12,15,26H,4-6,13-14H2,1-3H3,(H,25,28);1-7H,(H,11,12,13). The van der Waals surface area contributed by atoms with Gasteiger partial charge < -0.3 is 15.2 Å². The van der Waals surface area contributed by atoms with E-state index < -0.39 is 10.1 Å². The van der Waals surface area contributed by atoms with Crippen LogP contribution >= 0.6 is 0 Å². The molecule has 0 spiro atoms. The Morgan fingerprint density at radius 2 is 1.60 bits per heavy atom. The van der Waals surface area contributed by atoms with Crippen LogP contribution in [0.3, 0.4) is 0 Å². The smallest absolute Gasteiger partial charge is 0.295 e. The third-order valence-corrected chi connectivity index (χ3v) is 8.22. The summed E-state index contributed by atoms with van der Waals surface area (Å²) in [6, 6.07) is 23.3. The molecule has 0 aliphatic rings. The van der Waals surface area contributed by atoms with E-state index in [0.29, 0.717) is 10.9 Å². The molecular formula is C33H36FN3O4S. The maximum Gasteiger partial charge on any atom is 0.295 e. The number of likely N-dealkylation sites (N-methyl/N-ethyl adjacent to an activating group) is 1. The molecule has 0 aliphatic heterocycles. The first kappa shape index (κ1) is 30.9. The molecule has 1 heterocycles. The van der Waals surface area contributed by atoms with Gasteiger partial charge in [-0.1, -0.05) is 57.2 Å². The molecule has 0 fully saturated rings. The highest BCUT2D eigenvalue weighted by molar-refractivity contribution is 7.86. The van der Waals surface area contributed by atoms with Gasteiger partial charge in [-0.15, -0.1) is 0 Å². The number of amides is 1. The van der Waals surface area contributed by atoms with Gasteiger partial charge >= 0.3 is 0 Å². The van der Waals surface area contributed by atoms with E-state index in [0.717, 1.165) is 54.5 Å². The van der Waals surface area contributed by atoms with E-state index in [2.05, 4.69) is 36.0 Å². The molecule has 0 saturated heterocycles. The number of aromatic amines is 1. The van der Waals surface area contributed by atoms with E-state index in [1.807, 2.05) is 24.3 Å². The summed E-state index contributed by atoms with van der Waals surface area (Å²) in [4.78, 5) is 18.3. The Morgan fingerprint density at radius 3 is 2.26 bits per heavy atom. The number of anilines is 1. The number of carbonyl (C=O) groups excluding carboxylic acids is 1. The van der Waals surface area contributed by atoms with Crippen molar-refractivity contribution < 1.29 is 22.2 Å². The van der Waals surface area contributed by atoms with Crippen LogP contribution in [-0.2, 0) is 23.0 Å². The number of H-pyrrole nitrogens is 1. The third-order valence-electron chi connectivity index (χ3n) is 7.31. The second-order valence-corrected chi connectivity index (χ2v) is 11.3. The molecule has 220 valence electrons. The zero-order valence-corrected chi connectivity index (χ0v) is 24.8. The van der Waals surface area contributed by atoms with Crippen molar-refractivity contribution in [2.24, 2.45) is 0 Å². The molecule has 0 bridgehead atoms. The number of nitrogens with zero attached hydrogens (tertiary/aromatic N) is 1. The molecule has 0 aliphatic carbocycles. The number of halogens is 1. The first-order chi connectivity index (χ1) is 20.1. The second kappa shape index (κ2) is 13.7. The number of fused-ring (bicyclic) bond motifs is 2. The molecule has 4 aromatic carbocycles. The lowest BCUT2D eigenvalue weighted by Crippen LogP contribution is -2.25. The highest BCUT2D eigenvalue weighted by Gasteiger charge is 2.14. The maximum absolute atomic E-state index is 13.1. The Hall–Kier alpha value is -4.05. The average molecular weight is 590 g/mol. The zero-order chi connectivity index (χ0) is 30.3. The second-order valence-electron chi connectivity index (χ2n) is 9.89. The molecule has 0 unspecified atom stereocenters. The van der Waals surface area contributed by atoms with Crippen LogP contribution < -0.4 is 5.32 Å². The van der Waals surface area contributed by atoms with Crippen molar-refractivity contribution in [3.05, 3.63) is 108 Å². The van der Waals surface area contributed by atoms with E-state index in [-0.39, 0.29) is 16.6 Å². The summed E-state index contributed by atoms with van der Waals surface area (Å²) < 4.78 is 44.0. The van der Waals surface area contributed by atoms with E-state index in [1.165, 1.54) is 41.6 Å². The summed E-state index contributed by atoms with van der Waals surface area (Å²) in [5, 5.41) is 5.41. The Kier molecular flexibility index (Phi) is 10.1. The highest BCUT2D eigenvalue weighted by atomic mass is 32.2. The van der Waals surface area contributed by atoms with E-state index in [4.69, 9.17) is 4.55 Å². The van der Waals surface area contributed by atoms with Gasteiger partial charge in [-0.25, -0.2) is 4.39 Å². The van der Waals surface area contributed by atoms with Gasteiger partial charge in [0, 0.05) is 39.8 Å². The average Bonchev–Trinajstić information content (AvgIpc) is 3.34. The fourth-order valence-corrected chi connectivity index (χ4v) is 5.72. The van der Waals surface area contributed by atoms with E-state index in [9.17, 15) is 17.6 Å². The number of aromatic nitrogens is 1. The number of rotatable bonds is 9. The van der Waals surface area contributed by atoms with Crippen LogP contribution in [0.4, 0.5) is 10.1 Å². The molecule has 7 nitrogen and oxygen atoms in total. The summed E-state index contributed by atoms with van der Waals surface area (Å²) in [5.74, 6) is -0.592. The first-order valence-electron chi connectivity index (χ1n) is 14.0. The first-order valence-corrected chi connectivity index (χ1v) is 15.5. The summed E-state index contributed by atoms with van der Waals surface area (Å²) in [5.41, 5.74) is 4.84. The van der Waals surface area contributed by atoms with Crippen molar-refractivity contribution in [1.82, 2.24) is 9.88 Å². The van der Waals surface area contributed by atoms with Crippen LogP contribution in [0, 0.1) is 5.82 Å². The number of aryl methyl sites for hydroxylation is 1. The minimum Gasteiger partial charge on any atom is -0.358 e. The van der Waals surface area contributed by atoms with Crippen molar-refractivity contribution in [3.8, 4) is 0 Å². The van der Waals surface area contributed by atoms with Gasteiger partial charge in [0.15, 0.2) is 0 Å². The number of nitrogens with one attached hydrogen (secondary N) is 2. The molecule has 9 heteroatoms. The third kappa shape index (κ3) is 7.42. The predicted molar refractivity (Wildman–Crippen MR) is 167 cm³/mol. The normalized spacial score (nSPS) is 11.5. The molecule has 5 aromatic rings. The fraction of sp³-hybridized carbons (Fsp3) is 0.242. The van der Waals surface area contributed by atoms with E-state index >= 15 is 0 Å². The van der Waals surface area contributed by atoms with Crippen molar-refractivity contribution in [3.63, 3.8) is 0 Å². The van der Waals surface area contributed by atoms with Crippen LogP contribution in [0.25, 0.3) is 21.7 Å². The SMILES string of the molecule is CCc1[nH]c2ccc(NC(=O)c3ccc(F)cc3)cc2c1CCN(CC)CC.O=S(=O)(O)c1cccc2ccccc12. The minimum absolute atomic E-state index is 0.0457. The molecule has 0 atom stereocenters. The predicted octanol–water partition coefficient (Wildman–Crippen LogP) is 7.09. The van der Waals surface area contributed by atoms with Gasteiger partial charge in [-0.3, -0.25) is 9.35 Å². The Balaban J connectivity index is 0.000000241. The van der Waals surface area contributed by atoms with Crippen molar-refractivity contribution >= 4 is 43.4 Å². The number of hydrogen-bond donors (Lipinski definition) is 3. The molecule has 1 amide bonds. The minimum atomic E-state index is -4.13. The summed E-state index contributed by atoms with van der Waals surface area (Å²) >= 11 is 0. The maximum atomic E-state index is 13.1. The Morgan fingerprint density at radius 1 is 0.905 bits per heavy atom. The fourth-order valence-electron chi connectivity index (χ4n) is 5.00. The largest absolute Gasteiger partial charge is 0.358 e. The van der Waals surface area contributed by atoms with Crippen molar-refractivity contribution in [2.75, 3.05) is 25.0 Å². The van der Waals surface area contributed by atoms with Gasteiger partial charge in [0.05, 0.1) is 0 Å². The van der Waals surface area contributed by atoms with Crippen LogP contribution in [0.15, 0.2) is 89.8 Å². The van der Waals surface area contributed by atoms with Crippen LogP contribution in [0.5, 0.6) is 0 Å². The monoisotopic (exact) mass is 589 g/mol. The molecule has 0 radical (unpaired) electrons. The topological polar surface area (TPSA) is 103 Å². The van der Waals surface area contributed by atoms with Crippen molar-refractivity contribution in [2.45, 2.75) is 38.5 Å². The van der Waals surface area contributed by atoms with Crippen LogP contribution in [0.1, 0.15) is 42.4 Å². The van der Waals surface area contributed by atoms with Crippen LogP contribution in [0.2, 0.25) is 0 Å². The van der Waals surface area contributed by atoms with E-state index in [1.54, 1.807) is 30.3 Å². The van der Waals surface area contributed by atoms with Gasteiger partial charge in [0.25, 0.3) is 16.0 Å². The Bertz CT molecular complexity index is 1770. The molecule has 42 heavy (non-hydrogen) atoms. The van der Waals surface area contributed by atoms with Crippen LogP contribution in [-0.4, -0.2) is 48.4 Å². The molecule has 5 rings (SSSR count). The number of hydrogen-bond acceptors (Lipinski definition) is 4.